The summed E-state index contributed by atoms with van der Waals surface area (Å²) in [6.07, 6.45) is 1.33. The second-order valence-corrected chi connectivity index (χ2v) is 7.20. The van der Waals surface area contributed by atoms with Gasteiger partial charge >= 0.3 is 0 Å². The van der Waals surface area contributed by atoms with Crippen LogP contribution in [0.5, 0.6) is 0 Å². The topological polar surface area (TPSA) is 85.9 Å². The predicted octanol–water partition coefficient (Wildman–Crippen LogP) is 1.29. The molecule has 2 rings (SSSR count). The molecule has 1 aromatic rings. The Morgan fingerprint density at radius 3 is 2.71 bits per heavy atom. The van der Waals surface area contributed by atoms with Crippen molar-refractivity contribution in [3.05, 3.63) is 16.0 Å². The van der Waals surface area contributed by atoms with E-state index in [1.54, 1.807) is 0 Å². The van der Waals surface area contributed by atoms with E-state index in [1.165, 1.54) is 0 Å². The molecule has 1 fully saturated rings. The second-order valence-electron chi connectivity index (χ2n) is 4.18. The molecule has 1 unspecified atom stereocenters. The maximum absolute atomic E-state index is 11.4. The van der Waals surface area contributed by atoms with Crippen LogP contribution in [-0.4, -0.2) is 29.9 Å². The number of aromatic nitrogens is 2. The summed E-state index contributed by atoms with van der Waals surface area (Å²) in [5.41, 5.74) is 6.62. The summed E-state index contributed by atoms with van der Waals surface area (Å²) < 4.78 is 23.6. The summed E-state index contributed by atoms with van der Waals surface area (Å²) in [4.78, 5) is 8.58. The minimum Gasteiger partial charge on any atom is -0.383 e. The third-order valence-electron chi connectivity index (χ3n) is 2.90. The smallest absolute Gasteiger partial charge is 0.151 e. The number of nitrogens with two attached hydrogens (primary N) is 1. The molecule has 0 saturated carbocycles. The van der Waals surface area contributed by atoms with Gasteiger partial charge in [-0.15, -0.1) is 0 Å². The van der Waals surface area contributed by atoms with Crippen molar-refractivity contribution < 1.29 is 8.42 Å². The van der Waals surface area contributed by atoms with E-state index in [0.29, 0.717) is 22.5 Å². The predicted molar refractivity (Wildman–Crippen MR) is 69.5 cm³/mol. The molecule has 7 heteroatoms. The van der Waals surface area contributed by atoms with Gasteiger partial charge in [0.15, 0.2) is 9.84 Å². The first-order chi connectivity index (χ1) is 7.93. The highest BCUT2D eigenvalue weighted by Crippen LogP contribution is 2.29. The highest BCUT2D eigenvalue weighted by atomic mass is 79.9. The molecule has 2 N–H and O–H groups in total. The van der Waals surface area contributed by atoms with Gasteiger partial charge in [0.1, 0.15) is 11.6 Å². The van der Waals surface area contributed by atoms with Crippen LogP contribution in [0.25, 0.3) is 0 Å². The van der Waals surface area contributed by atoms with Crippen molar-refractivity contribution >= 4 is 31.6 Å². The summed E-state index contributed by atoms with van der Waals surface area (Å²) >= 11 is 3.34. The number of rotatable bonds is 2. The summed E-state index contributed by atoms with van der Waals surface area (Å²) in [5.74, 6) is 1.19. The van der Waals surface area contributed by atoms with Gasteiger partial charge in [-0.2, -0.15) is 0 Å². The van der Waals surface area contributed by atoms with Crippen molar-refractivity contribution in [2.45, 2.75) is 25.7 Å². The molecular formula is C10H14BrN3O2S. The Hall–Kier alpha value is -0.690. The standard InChI is InChI=1S/C10H14BrN3O2S/c1-2-7-8(11)9(12)14-10(13-7)6-3-4-17(15,16)5-6/h6H,2-5H2,1H3,(H2,12,13,14). The number of anilines is 1. The highest BCUT2D eigenvalue weighted by Gasteiger charge is 2.31. The van der Waals surface area contributed by atoms with Crippen molar-refractivity contribution in [3.8, 4) is 0 Å². The quantitative estimate of drug-likeness (QED) is 0.887. The number of hydrogen-bond acceptors (Lipinski definition) is 5. The number of halogens is 1. The van der Waals surface area contributed by atoms with Crippen LogP contribution in [0.3, 0.4) is 0 Å². The lowest BCUT2D eigenvalue weighted by atomic mass is 10.1. The van der Waals surface area contributed by atoms with Crippen molar-refractivity contribution in [3.63, 3.8) is 0 Å². The molecule has 1 aliphatic heterocycles. The van der Waals surface area contributed by atoms with Crippen LogP contribution in [0.1, 0.15) is 30.8 Å². The Labute approximate surface area is 109 Å². The van der Waals surface area contributed by atoms with Crippen LogP contribution in [0, 0.1) is 0 Å². The molecule has 5 nitrogen and oxygen atoms in total. The Balaban J connectivity index is 2.37. The fourth-order valence-corrected chi connectivity index (χ4v) is 4.14. The van der Waals surface area contributed by atoms with E-state index in [9.17, 15) is 8.42 Å². The molecule has 0 aliphatic carbocycles. The molecule has 1 saturated heterocycles. The van der Waals surface area contributed by atoms with Crippen LogP contribution in [-0.2, 0) is 16.3 Å². The van der Waals surface area contributed by atoms with E-state index in [1.807, 2.05) is 6.92 Å². The van der Waals surface area contributed by atoms with Crippen molar-refractivity contribution in [1.82, 2.24) is 9.97 Å². The molecule has 94 valence electrons. The molecule has 0 spiro atoms. The minimum atomic E-state index is -2.92. The van der Waals surface area contributed by atoms with Gasteiger partial charge in [-0.1, -0.05) is 6.92 Å². The van der Waals surface area contributed by atoms with Gasteiger partial charge in [-0.05, 0) is 28.8 Å². The van der Waals surface area contributed by atoms with Crippen LogP contribution in [0.4, 0.5) is 5.82 Å². The normalized spacial score (nSPS) is 22.8. The Morgan fingerprint density at radius 2 is 2.18 bits per heavy atom. The van der Waals surface area contributed by atoms with E-state index >= 15 is 0 Å². The van der Waals surface area contributed by atoms with Crippen LogP contribution in [0.15, 0.2) is 4.47 Å². The van der Waals surface area contributed by atoms with E-state index < -0.39 is 9.84 Å². The molecule has 1 aliphatic rings. The van der Waals surface area contributed by atoms with E-state index in [2.05, 4.69) is 25.9 Å². The van der Waals surface area contributed by atoms with Crippen LogP contribution in [0.2, 0.25) is 0 Å². The maximum atomic E-state index is 11.4. The van der Waals surface area contributed by atoms with Gasteiger partial charge in [-0.3, -0.25) is 0 Å². The zero-order chi connectivity index (χ0) is 12.6. The SMILES string of the molecule is CCc1nc(C2CCS(=O)(=O)C2)nc(N)c1Br. The number of nitrogens with zero attached hydrogens (tertiary/aromatic N) is 2. The largest absolute Gasteiger partial charge is 0.383 e. The molecule has 0 bridgehead atoms. The zero-order valence-electron chi connectivity index (χ0n) is 9.48. The summed E-state index contributed by atoms with van der Waals surface area (Å²) in [7, 11) is -2.92. The Kier molecular flexibility index (Phi) is 3.40. The van der Waals surface area contributed by atoms with Gasteiger partial charge in [0.05, 0.1) is 21.7 Å². The fourth-order valence-electron chi connectivity index (χ4n) is 1.95. The highest BCUT2D eigenvalue weighted by molar-refractivity contribution is 9.10. The summed E-state index contributed by atoms with van der Waals surface area (Å²) in [5, 5.41) is 0. The van der Waals surface area contributed by atoms with Gasteiger partial charge < -0.3 is 5.73 Å². The average molecular weight is 320 g/mol. The molecule has 1 atom stereocenters. The number of nitrogen functional groups attached to an aromatic ring is 1. The minimum absolute atomic E-state index is 0.110. The first-order valence-corrected chi connectivity index (χ1v) is 8.06. The lowest BCUT2D eigenvalue weighted by molar-refractivity contribution is 0.601. The first kappa shape index (κ1) is 12.8. The lowest BCUT2D eigenvalue weighted by Gasteiger charge is -2.10. The molecule has 0 amide bonds. The van der Waals surface area contributed by atoms with E-state index in [-0.39, 0.29) is 17.4 Å². The molecule has 1 aromatic heterocycles. The Morgan fingerprint density at radius 1 is 1.47 bits per heavy atom. The van der Waals surface area contributed by atoms with E-state index in [4.69, 9.17) is 5.73 Å². The van der Waals surface area contributed by atoms with Crippen LogP contribution < -0.4 is 5.73 Å². The number of hydrogen-bond donors (Lipinski definition) is 1. The van der Waals surface area contributed by atoms with Gasteiger partial charge in [0.25, 0.3) is 0 Å². The van der Waals surface area contributed by atoms with Gasteiger partial charge in [0.2, 0.25) is 0 Å². The van der Waals surface area contributed by atoms with Crippen molar-refractivity contribution in [2.24, 2.45) is 0 Å². The summed E-state index contributed by atoms with van der Waals surface area (Å²) in [6, 6.07) is 0. The summed E-state index contributed by atoms with van der Waals surface area (Å²) in [6.45, 7) is 1.97. The fraction of sp³-hybridized carbons (Fsp3) is 0.600. The van der Waals surface area contributed by atoms with Gasteiger partial charge in [-0.25, -0.2) is 18.4 Å². The maximum Gasteiger partial charge on any atom is 0.151 e. The third kappa shape index (κ3) is 2.60. The zero-order valence-corrected chi connectivity index (χ0v) is 11.9. The van der Waals surface area contributed by atoms with Crippen LogP contribution >= 0.6 is 15.9 Å². The van der Waals surface area contributed by atoms with Crippen molar-refractivity contribution in [1.29, 1.82) is 0 Å². The monoisotopic (exact) mass is 319 g/mol. The number of aryl methyl sites for hydroxylation is 1. The molecule has 0 aromatic carbocycles. The molecule has 17 heavy (non-hydrogen) atoms. The average Bonchev–Trinajstić information content (AvgIpc) is 2.62. The second kappa shape index (κ2) is 4.53. The first-order valence-electron chi connectivity index (χ1n) is 5.45. The molecular weight excluding hydrogens is 306 g/mol. The Bertz CT molecular complexity index is 545. The van der Waals surface area contributed by atoms with E-state index in [0.717, 1.165) is 12.1 Å². The molecule has 0 radical (unpaired) electrons. The van der Waals surface area contributed by atoms with Gasteiger partial charge in [0, 0.05) is 5.92 Å². The number of sulfone groups is 1. The molecule has 2 heterocycles. The lowest BCUT2D eigenvalue weighted by Crippen LogP contribution is -2.11. The third-order valence-corrected chi connectivity index (χ3v) is 5.53. The van der Waals surface area contributed by atoms with Crippen molar-refractivity contribution in [2.75, 3.05) is 17.2 Å².